The molecule has 5 nitrogen and oxygen atoms in total. The van der Waals surface area contributed by atoms with E-state index in [-0.39, 0.29) is 0 Å². The standard InChI is InChI=1S/C40H26N4O/c1-2-8-25(9-3-1)29-17-14-27-16-19-31(24-32(27)23-29)39-42-38(30-18-15-26-10-4-5-11-28(26)22-30)43-40(44-39)37-36-33-12-6-7-13-34(33)45-35(36)20-21-41-37/h1-24,38H,(H,42,43,44). The minimum atomic E-state index is -0.456. The fraction of sp³-hybridized carbons (Fsp3) is 0.0250. The van der Waals surface area contributed by atoms with E-state index in [9.17, 15) is 0 Å². The van der Waals surface area contributed by atoms with E-state index in [0.29, 0.717) is 5.84 Å². The van der Waals surface area contributed by atoms with Gasteiger partial charge in [-0.1, -0.05) is 109 Å². The number of fused-ring (bicyclic) bond motifs is 5. The van der Waals surface area contributed by atoms with Gasteiger partial charge in [-0.05, 0) is 68.6 Å². The zero-order valence-corrected chi connectivity index (χ0v) is 24.2. The van der Waals surface area contributed by atoms with Gasteiger partial charge in [0, 0.05) is 17.1 Å². The third-order valence-corrected chi connectivity index (χ3v) is 8.55. The van der Waals surface area contributed by atoms with Crippen LogP contribution in [0.4, 0.5) is 0 Å². The minimum Gasteiger partial charge on any atom is -0.456 e. The Morgan fingerprint density at radius 2 is 1.22 bits per heavy atom. The summed E-state index contributed by atoms with van der Waals surface area (Å²) in [7, 11) is 0. The smallest absolute Gasteiger partial charge is 0.169 e. The Hall–Kier alpha value is -6.07. The van der Waals surface area contributed by atoms with Crippen molar-refractivity contribution in [1.82, 2.24) is 10.3 Å². The highest BCUT2D eigenvalue weighted by molar-refractivity contribution is 6.22. The Morgan fingerprint density at radius 3 is 2.13 bits per heavy atom. The zero-order chi connectivity index (χ0) is 29.7. The van der Waals surface area contributed by atoms with Gasteiger partial charge in [0.25, 0.3) is 0 Å². The number of hydrogen-bond acceptors (Lipinski definition) is 5. The first-order valence-electron chi connectivity index (χ1n) is 15.0. The van der Waals surface area contributed by atoms with Crippen LogP contribution >= 0.6 is 0 Å². The van der Waals surface area contributed by atoms with Crippen molar-refractivity contribution in [2.45, 2.75) is 6.17 Å². The SMILES string of the molecule is c1ccc(-c2ccc3ccc(C4=NC(c5ccc6ccccc6c5)N=C(c5nccc6oc7ccccc7c56)N4)cc3c2)cc1. The summed E-state index contributed by atoms with van der Waals surface area (Å²) in [6.45, 7) is 0. The first-order valence-corrected chi connectivity index (χ1v) is 15.0. The highest BCUT2D eigenvalue weighted by Gasteiger charge is 2.24. The van der Waals surface area contributed by atoms with Gasteiger partial charge in [0.15, 0.2) is 12.0 Å². The van der Waals surface area contributed by atoms with Crippen LogP contribution in [0.2, 0.25) is 0 Å². The molecule has 9 rings (SSSR count). The normalized spacial score (nSPS) is 14.9. The molecule has 0 aliphatic carbocycles. The van der Waals surface area contributed by atoms with Crippen molar-refractivity contribution in [3.8, 4) is 11.1 Å². The van der Waals surface area contributed by atoms with Crippen molar-refractivity contribution >= 4 is 55.2 Å². The van der Waals surface area contributed by atoms with Crippen LogP contribution in [0.3, 0.4) is 0 Å². The van der Waals surface area contributed by atoms with Crippen LogP contribution in [-0.2, 0) is 0 Å². The summed E-state index contributed by atoms with van der Waals surface area (Å²) in [6, 6.07) is 48.3. The van der Waals surface area contributed by atoms with Gasteiger partial charge in [-0.15, -0.1) is 0 Å². The van der Waals surface area contributed by atoms with Crippen LogP contribution in [0.5, 0.6) is 0 Å². The van der Waals surface area contributed by atoms with E-state index < -0.39 is 6.17 Å². The molecule has 0 bridgehead atoms. The van der Waals surface area contributed by atoms with Gasteiger partial charge < -0.3 is 9.73 Å². The molecule has 1 N–H and O–H groups in total. The van der Waals surface area contributed by atoms with E-state index in [4.69, 9.17) is 19.4 Å². The number of benzene rings is 6. The number of nitrogens with zero attached hydrogens (tertiary/aromatic N) is 3. The molecule has 3 heterocycles. The Labute approximate surface area is 259 Å². The van der Waals surface area contributed by atoms with E-state index in [1.54, 1.807) is 6.20 Å². The average Bonchev–Trinajstić information content (AvgIpc) is 3.50. The van der Waals surface area contributed by atoms with Crippen LogP contribution < -0.4 is 5.32 Å². The summed E-state index contributed by atoms with van der Waals surface area (Å²) >= 11 is 0. The lowest BCUT2D eigenvalue weighted by Crippen LogP contribution is -2.36. The highest BCUT2D eigenvalue weighted by atomic mass is 16.3. The molecule has 0 fully saturated rings. The van der Waals surface area contributed by atoms with E-state index in [0.717, 1.165) is 55.4 Å². The van der Waals surface area contributed by atoms with Crippen molar-refractivity contribution in [2.24, 2.45) is 9.98 Å². The third kappa shape index (κ3) is 4.45. The molecule has 8 aromatic rings. The van der Waals surface area contributed by atoms with Crippen LogP contribution in [0.1, 0.15) is 23.0 Å². The summed E-state index contributed by atoms with van der Waals surface area (Å²) in [5.41, 5.74) is 6.70. The molecule has 2 aromatic heterocycles. The number of pyridine rings is 1. The van der Waals surface area contributed by atoms with E-state index in [1.807, 2.05) is 30.3 Å². The molecule has 1 aliphatic rings. The first-order chi connectivity index (χ1) is 22.3. The van der Waals surface area contributed by atoms with Crippen LogP contribution in [0, 0.1) is 0 Å². The van der Waals surface area contributed by atoms with Gasteiger partial charge in [0.2, 0.25) is 0 Å². The Kier molecular flexibility index (Phi) is 5.81. The number of hydrogen-bond donors (Lipinski definition) is 1. The Balaban J connectivity index is 1.21. The zero-order valence-electron chi connectivity index (χ0n) is 24.2. The van der Waals surface area contributed by atoms with E-state index >= 15 is 0 Å². The molecule has 0 spiro atoms. The van der Waals surface area contributed by atoms with Crippen LogP contribution in [0.15, 0.2) is 160 Å². The number of furan rings is 1. The number of para-hydroxylation sites is 1. The lowest BCUT2D eigenvalue weighted by atomic mass is 9.99. The number of rotatable bonds is 4. The average molecular weight is 579 g/mol. The number of aromatic nitrogens is 1. The molecule has 1 aliphatic heterocycles. The van der Waals surface area contributed by atoms with Crippen molar-refractivity contribution < 1.29 is 4.42 Å². The summed E-state index contributed by atoms with van der Waals surface area (Å²) in [5.74, 6) is 1.41. The monoisotopic (exact) mass is 578 g/mol. The maximum absolute atomic E-state index is 6.20. The van der Waals surface area contributed by atoms with Gasteiger partial charge in [0.1, 0.15) is 22.7 Å². The molecular weight excluding hydrogens is 552 g/mol. The van der Waals surface area contributed by atoms with Crippen LogP contribution in [-0.4, -0.2) is 16.7 Å². The van der Waals surface area contributed by atoms with Gasteiger partial charge in [-0.3, -0.25) is 4.98 Å². The fourth-order valence-corrected chi connectivity index (χ4v) is 6.29. The van der Waals surface area contributed by atoms with Crippen molar-refractivity contribution in [1.29, 1.82) is 0 Å². The molecule has 0 radical (unpaired) electrons. The topological polar surface area (TPSA) is 62.8 Å². The quantitative estimate of drug-likeness (QED) is 0.226. The van der Waals surface area contributed by atoms with Gasteiger partial charge in [-0.2, -0.15) is 0 Å². The Morgan fingerprint density at radius 1 is 0.511 bits per heavy atom. The Bertz CT molecular complexity index is 2470. The fourth-order valence-electron chi connectivity index (χ4n) is 6.29. The second-order valence-electron chi connectivity index (χ2n) is 11.3. The van der Waals surface area contributed by atoms with Gasteiger partial charge in [0.05, 0.1) is 5.39 Å². The van der Waals surface area contributed by atoms with Gasteiger partial charge >= 0.3 is 0 Å². The molecule has 1 unspecified atom stereocenters. The molecule has 1 atom stereocenters. The molecule has 0 saturated heterocycles. The molecule has 45 heavy (non-hydrogen) atoms. The van der Waals surface area contributed by atoms with E-state index in [1.165, 1.54) is 21.9 Å². The summed E-state index contributed by atoms with van der Waals surface area (Å²) in [6.07, 6.45) is 1.32. The molecule has 212 valence electrons. The lowest BCUT2D eigenvalue weighted by Gasteiger charge is -2.22. The minimum absolute atomic E-state index is 0.456. The molecule has 5 heteroatoms. The maximum atomic E-state index is 6.20. The van der Waals surface area contributed by atoms with Crippen molar-refractivity contribution in [2.75, 3.05) is 0 Å². The molecule has 0 saturated carbocycles. The van der Waals surface area contributed by atoms with Crippen LogP contribution in [0.25, 0.3) is 54.6 Å². The first kappa shape index (κ1) is 25.4. The second kappa shape index (κ2) is 10.3. The summed E-state index contributed by atoms with van der Waals surface area (Å²) in [5, 5.41) is 10.2. The molecule has 6 aromatic carbocycles. The second-order valence-corrected chi connectivity index (χ2v) is 11.3. The largest absolute Gasteiger partial charge is 0.456 e. The van der Waals surface area contributed by atoms with Crippen molar-refractivity contribution in [3.63, 3.8) is 0 Å². The predicted molar refractivity (Wildman–Crippen MR) is 184 cm³/mol. The maximum Gasteiger partial charge on any atom is 0.169 e. The summed E-state index contributed by atoms with van der Waals surface area (Å²) in [4.78, 5) is 15.2. The number of amidine groups is 2. The lowest BCUT2D eigenvalue weighted by molar-refractivity contribution is 0.668. The summed E-state index contributed by atoms with van der Waals surface area (Å²) < 4.78 is 6.20. The third-order valence-electron chi connectivity index (χ3n) is 8.55. The number of nitrogens with one attached hydrogen (secondary N) is 1. The molecule has 0 amide bonds. The molecular formula is C40H26N4O. The van der Waals surface area contributed by atoms with Crippen molar-refractivity contribution in [3.05, 3.63) is 163 Å². The predicted octanol–water partition coefficient (Wildman–Crippen LogP) is 9.45. The highest BCUT2D eigenvalue weighted by Crippen LogP contribution is 2.33. The number of aliphatic imine (C=N–C) groups is 2. The van der Waals surface area contributed by atoms with E-state index in [2.05, 4.69) is 115 Å². The van der Waals surface area contributed by atoms with Gasteiger partial charge in [-0.25, -0.2) is 9.98 Å².